The van der Waals surface area contributed by atoms with Crippen LogP contribution >= 0.6 is 33.9 Å². The minimum atomic E-state index is -0.615. The van der Waals surface area contributed by atoms with Gasteiger partial charge in [-0.2, -0.15) is 0 Å². The first-order valence-corrected chi connectivity index (χ1v) is 13.6. The average Bonchev–Trinajstić information content (AvgIpc) is 3.00. The monoisotopic (exact) mass is 628 g/mol. The Morgan fingerprint density at radius 2 is 1.97 bits per heavy atom. The highest BCUT2D eigenvalue weighted by Crippen LogP contribution is 2.41. The van der Waals surface area contributed by atoms with Crippen molar-refractivity contribution in [3.63, 3.8) is 0 Å². The molecule has 3 heterocycles. The largest absolute Gasteiger partial charge is 0.444 e. The molecule has 2 aliphatic heterocycles. The molecular formula is C25H30FIN4O4S. The lowest BCUT2D eigenvalue weighted by molar-refractivity contribution is 0.0359. The molecule has 3 amide bonds. The molecule has 2 aliphatic rings. The SMILES string of the molecule is CC1(C)CNC(=O)c2sc(Nc3ccc(I)cc3F)c(C(=O)N3CC(NC(=O)OC(C)(C)C)C3)c2C1. The van der Waals surface area contributed by atoms with Crippen LogP contribution in [-0.2, 0) is 11.2 Å². The standard InChI is InChI=1S/C25H30FIN4O4S/c1-24(2,3)35-23(34)29-14-10-31(11-14)22(33)18-15-9-25(4,5)12-28-20(32)19(15)36-21(18)30-17-7-6-13(27)8-16(17)26/h6-8,14,30H,9-12H2,1-5H3,(H,28,32)(H,29,34). The first-order valence-electron chi connectivity index (χ1n) is 11.7. The summed E-state index contributed by atoms with van der Waals surface area (Å²) in [5.74, 6) is -0.938. The summed E-state index contributed by atoms with van der Waals surface area (Å²) in [7, 11) is 0. The number of rotatable bonds is 4. The second kappa shape index (κ2) is 9.81. The quantitative estimate of drug-likeness (QED) is 0.419. The first kappa shape index (κ1) is 26.6. The Morgan fingerprint density at radius 1 is 1.28 bits per heavy atom. The van der Waals surface area contributed by atoms with Gasteiger partial charge in [-0.25, -0.2) is 9.18 Å². The average molecular weight is 629 g/mol. The van der Waals surface area contributed by atoms with Gasteiger partial charge in [0.05, 0.1) is 22.2 Å². The van der Waals surface area contributed by atoms with Crippen LogP contribution in [-0.4, -0.2) is 54.1 Å². The lowest BCUT2D eigenvalue weighted by Gasteiger charge is -2.40. The number of nitrogens with zero attached hydrogens (tertiary/aromatic N) is 1. The van der Waals surface area contributed by atoms with E-state index in [9.17, 15) is 18.8 Å². The molecule has 0 atom stereocenters. The Labute approximate surface area is 227 Å². The number of thiophene rings is 1. The van der Waals surface area contributed by atoms with Crippen LogP contribution in [0, 0.1) is 14.8 Å². The summed E-state index contributed by atoms with van der Waals surface area (Å²) in [5, 5.41) is 9.22. The molecule has 0 spiro atoms. The van der Waals surface area contributed by atoms with Crippen molar-refractivity contribution in [3.8, 4) is 0 Å². The van der Waals surface area contributed by atoms with Gasteiger partial charge in [-0.3, -0.25) is 9.59 Å². The summed E-state index contributed by atoms with van der Waals surface area (Å²) >= 11 is 3.19. The second-order valence-electron chi connectivity index (χ2n) is 10.9. The van der Waals surface area contributed by atoms with Crippen LogP contribution in [0.15, 0.2) is 18.2 Å². The van der Waals surface area contributed by atoms with E-state index in [1.807, 2.05) is 36.4 Å². The number of carbonyl (C=O) groups is 3. The van der Waals surface area contributed by atoms with E-state index < -0.39 is 17.5 Å². The van der Waals surface area contributed by atoms with Crippen LogP contribution < -0.4 is 16.0 Å². The number of alkyl carbamates (subject to hydrolysis) is 1. The summed E-state index contributed by atoms with van der Waals surface area (Å²) in [6.45, 7) is 10.5. The zero-order chi connectivity index (χ0) is 26.4. The zero-order valence-corrected chi connectivity index (χ0v) is 23.9. The van der Waals surface area contributed by atoms with Crippen molar-refractivity contribution in [1.29, 1.82) is 0 Å². The van der Waals surface area contributed by atoms with Crippen molar-refractivity contribution in [2.75, 3.05) is 25.0 Å². The van der Waals surface area contributed by atoms with Crippen LogP contribution in [0.2, 0.25) is 0 Å². The van der Waals surface area contributed by atoms with Crippen molar-refractivity contribution < 1.29 is 23.5 Å². The third kappa shape index (κ3) is 5.93. The van der Waals surface area contributed by atoms with Gasteiger partial charge in [-0.1, -0.05) is 13.8 Å². The number of nitrogens with one attached hydrogen (secondary N) is 3. The minimum Gasteiger partial charge on any atom is -0.444 e. The van der Waals surface area contributed by atoms with Crippen molar-refractivity contribution in [1.82, 2.24) is 15.5 Å². The van der Waals surface area contributed by atoms with E-state index in [1.165, 1.54) is 6.07 Å². The molecule has 0 radical (unpaired) electrons. The summed E-state index contributed by atoms with van der Waals surface area (Å²) < 4.78 is 20.7. The van der Waals surface area contributed by atoms with E-state index in [0.29, 0.717) is 47.1 Å². The molecule has 0 aliphatic carbocycles. The highest BCUT2D eigenvalue weighted by atomic mass is 127. The third-order valence-electron chi connectivity index (χ3n) is 5.88. The number of hydrogen-bond donors (Lipinski definition) is 3. The van der Waals surface area contributed by atoms with Gasteiger partial charge in [-0.05, 0) is 79.0 Å². The van der Waals surface area contributed by atoms with E-state index in [4.69, 9.17) is 4.74 Å². The number of anilines is 2. The third-order valence-corrected chi connectivity index (χ3v) is 7.70. The van der Waals surface area contributed by atoms with Gasteiger partial charge in [0.15, 0.2) is 0 Å². The summed E-state index contributed by atoms with van der Waals surface area (Å²) in [6.07, 6.45) is -0.0120. The molecule has 0 saturated carbocycles. The van der Waals surface area contributed by atoms with Gasteiger partial charge in [0.1, 0.15) is 16.4 Å². The Bertz CT molecular complexity index is 1220. The van der Waals surface area contributed by atoms with Gasteiger partial charge in [-0.15, -0.1) is 11.3 Å². The number of ether oxygens (including phenoxy) is 1. The van der Waals surface area contributed by atoms with E-state index in [0.717, 1.165) is 14.9 Å². The fourth-order valence-corrected chi connectivity index (χ4v) is 5.75. The van der Waals surface area contributed by atoms with Crippen molar-refractivity contribution in [3.05, 3.63) is 43.6 Å². The Hall–Kier alpha value is -2.41. The molecule has 2 aromatic rings. The van der Waals surface area contributed by atoms with Gasteiger partial charge >= 0.3 is 6.09 Å². The lowest BCUT2D eigenvalue weighted by Crippen LogP contribution is -2.61. The molecule has 1 aromatic carbocycles. The van der Waals surface area contributed by atoms with E-state index in [2.05, 4.69) is 16.0 Å². The Balaban J connectivity index is 1.62. The maximum atomic E-state index is 14.7. The van der Waals surface area contributed by atoms with E-state index in [-0.39, 0.29) is 29.0 Å². The normalized spacial score (nSPS) is 17.4. The van der Waals surface area contributed by atoms with Crippen molar-refractivity contribution in [2.24, 2.45) is 5.41 Å². The highest BCUT2D eigenvalue weighted by Gasteiger charge is 2.39. The predicted molar refractivity (Wildman–Crippen MR) is 146 cm³/mol. The minimum absolute atomic E-state index is 0.230. The Kier molecular flexibility index (Phi) is 7.26. The van der Waals surface area contributed by atoms with E-state index >= 15 is 0 Å². The first-order chi connectivity index (χ1) is 16.7. The molecule has 1 aromatic heterocycles. The maximum Gasteiger partial charge on any atom is 0.407 e. The number of likely N-dealkylation sites (tertiary alicyclic amines) is 1. The molecule has 8 nitrogen and oxygen atoms in total. The highest BCUT2D eigenvalue weighted by molar-refractivity contribution is 14.1. The number of halogens is 2. The smallest absolute Gasteiger partial charge is 0.407 e. The number of fused-ring (bicyclic) bond motifs is 1. The molecule has 1 fully saturated rings. The molecule has 0 bridgehead atoms. The summed E-state index contributed by atoms with van der Waals surface area (Å²) in [4.78, 5) is 40.8. The van der Waals surface area contributed by atoms with Crippen LogP contribution in [0.4, 0.5) is 19.9 Å². The maximum absolute atomic E-state index is 14.7. The Morgan fingerprint density at radius 3 is 2.61 bits per heavy atom. The molecule has 194 valence electrons. The molecule has 11 heteroatoms. The number of benzene rings is 1. The molecule has 3 N–H and O–H groups in total. The fourth-order valence-electron chi connectivity index (χ4n) is 4.15. The molecule has 36 heavy (non-hydrogen) atoms. The summed E-state index contributed by atoms with van der Waals surface area (Å²) in [6, 6.07) is 4.56. The zero-order valence-electron chi connectivity index (χ0n) is 20.9. The van der Waals surface area contributed by atoms with Crippen LogP contribution in [0.25, 0.3) is 0 Å². The number of carbonyl (C=O) groups excluding carboxylic acids is 3. The lowest BCUT2D eigenvalue weighted by atomic mass is 9.85. The molecule has 4 rings (SSSR count). The van der Waals surface area contributed by atoms with Crippen LogP contribution in [0.5, 0.6) is 0 Å². The van der Waals surface area contributed by atoms with Gasteiger partial charge in [0.25, 0.3) is 11.8 Å². The predicted octanol–water partition coefficient (Wildman–Crippen LogP) is 4.90. The fraction of sp³-hybridized carbons (Fsp3) is 0.480. The second-order valence-corrected chi connectivity index (χ2v) is 13.2. The van der Waals surface area contributed by atoms with Crippen LogP contribution in [0.1, 0.15) is 60.2 Å². The number of amides is 3. The summed E-state index contributed by atoms with van der Waals surface area (Å²) in [5.41, 5.74) is 0.401. The van der Waals surface area contributed by atoms with Crippen molar-refractivity contribution in [2.45, 2.75) is 52.7 Å². The van der Waals surface area contributed by atoms with Crippen molar-refractivity contribution >= 4 is 62.5 Å². The van der Waals surface area contributed by atoms with Gasteiger partial charge in [0.2, 0.25) is 0 Å². The molecular weight excluding hydrogens is 598 g/mol. The van der Waals surface area contributed by atoms with Gasteiger partial charge in [0, 0.05) is 23.2 Å². The van der Waals surface area contributed by atoms with Gasteiger partial charge < -0.3 is 25.6 Å². The van der Waals surface area contributed by atoms with E-state index in [1.54, 1.807) is 37.8 Å². The molecule has 0 unspecified atom stereocenters. The topological polar surface area (TPSA) is 99.8 Å². The van der Waals surface area contributed by atoms with Crippen LogP contribution in [0.3, 0.4) is 0 Å². The number of hydrogen-bond acceptors (Lipinski definition) is 6. The molecule has 1 saturated heterocycles.